The molecule has 0 bridgehead atoms. The molecule has 1 aromatic carbocycles. The normalized spacial score (nSPS) is 19.4. The molecular weight excluding hydrogens is 217 g/mol. The van der Waals surface area contributed by atoms with Gasteiger partial charge in [-0.15, -0.1) is 0 Å². The van der Waals surface area contributed by atoms with Gasteiger partial charge in [0.05, 0.1) is 6.61 Å². The van der Waals surface area contributed by atoms with E-state index in [1.165, 1.54) is 6.07 Å². The third kappa shape index (κ3) is 2.60. The summed E-state index contributed by atoms with van der Waals surface area (Å²) in [5.74, 6) is -0.310. The van der Waals surface area contributed by atoms with Gasteiger partial charge < -0.3 is 10.0 Å². The van der Waals surface area contributed by atoms with Crippen molar-refractivity contribution in [2.24, 2.45) is 5.41 Å². The van der Waals surface area contributed by atoms with Crippen LogP contribution < -0.4 is 4.90 Å². The summed E-state index contributed by atoms with van der Waals surface area (Å²) in [6.45, 7) is 6.17. The van der Waals surface area contributed by atoms with Crippen molar-refractivity contribution < 1.29 is 9.50 Å². The standard InChI is InChI=1S/C14H20FNO/c1-14(2)6-8-16(9-7-14)13-5-3-4-12(15)11(13)10-17/h3-5,17H,6-10H2,1-2H3. The fourth-order valence-electron chi connectivity index (χ4n) is 2.35. The van der Waals surface area contributed by atoms with Crippen LogP contribution in [0.2, 0.25) is 0 Å². The minimum absolute atomic E-state index is 0.234. The van der Waals surface area contributed by atoms with Crippen molar-refractivity contribution in [3.05, 3.63) is 29.6 Å². The van der Waals surface area contributed by atoms with Crippen LogP contribution >= 0.6 is 0 Å². The maximum Gasteiger partial charge on any atom is 0.130 e. The molecule has 1 heterocycles. The van der Waals surface area contributed by atoms with Crippen molar-refractivity contribution >= 4 is 5.69 Å². The van der Waals surface area contributed by atoms with Crippen molar-refractivity contribution in [1.29, 1.82) is 0 Å². The van der Waals surface area contributed by atoms with Gasteiger partial charge in [0.1, 0.15) is 5.82 Å². The average molecular weight is 237 g/mol. The van der Waals surface area contributed by atoms with Crippen LogP contribution in [0.5, 0.6) is 0 Å². The van der Waals surface area contributed by atoms with Crippen LogP contribution in [0.4, 0.5) is 10.1 Å². The highest BCUT2D eigenvalue weighted by atomic mass is 19.1. The summed E-state index contributed by atoms with van der Waals surface area (Å²) in [4.78, 5) is 2.18. The van der Waals surface area contributed by atoms with Crippen molar-refractivity contribution in [2.75, 3.05) is 18.0 Å². The van der Waals surface area contributed by atoms with Crippen molar-refractivity contribution in [3.8, 4) is 0 Å². The van der Waals surface area contributed by atoms with Gasteiger partial charge in [-0.05, 0) is 30.4 Å². The van der Waals surface area contributed by atoms with Crippen LogP contribution in [-0.2, 0) is 6.61 Å². The number of rotatable bonds is 2. The monoisotopic (exact) mass is 237 g/mol. The molecule has 0 aliphatic carbocycles. The highest BCUT2D eigenvalue weighted by Gasteiger charge is 2.26. The van der Waals surface area contributed by atoms with Gasteiger partial charge in [-0.25, -0.2) is 4.39 Å². The predicted molar refractivity (Wildman–Crippen MR) is 67.6 cm³/mol. The summed E-state index contributed by atoms with van der Waals surface area (Å²) in [5.41, 5.74) is 1.65. The zero-order valence-corrected chi connectivity index (χ0v) is 10.5. The number of aliphatic hydroxyl groups excluding tert-OH is 1. The Kier molecular flexibility index (Phi) is 3.38. The van der Waals surface area contributed by atoms with Crippen molar-refractivity contribution in [3.63, 3.8) is 0 Å². The van der Waals surface area contributed by atoms with Gasteiger partial charge in [0, 0.05) is 24.3 Å². The molecule has 1 fully saturated rings. The topological polar surface area (TPSA) is 23.5 Å². The van der Waals surface area contributed by atoms with E-state index in [9.17, 15) is 9.50 Å². The van der Waals surface area contributed by atoms with Crippen LogP contribution in [-0.4, -0.2) is 18.2 Å². The van der Waals surface area contributed by atoms with Crippen LogP contribution in [0.3, 0.4) is 0 Å². The van der Waals surface area contributed by atoms with E-state index in [1.807, 2.05) is 6.07 Å². The molecule has 94 valence electrons. The number of piperidine rings is 1. The maximum atomic E-state index is 13.6. The molecule has 1 saturated heterocycles. The lowest BCUT2D eigenvalue weighted by molar-refractivity contribution is 0.269. The molecule has 0 radical (unpaired) electrons. The number of hydrogen-bond donors (Lipinski definition) is 1. The van der Waals surface area contributed by atoms with E-state index in [-0.39, 0.29) is 12.4 Å². The quantitative estimate of drug-likeness (QED) is 0.855. The molecule has 0 atom stereocenters. The number of halogens is 1. The number of hydrogen-bond acceptors (Lipinski definition) is 2. The highest BCUT2D eigenvalue weighted by Crippen LogP contribution is 2.33. The largest absolute Gasteiger partial charge is 0.391 e. The second-order valence-corrected chi connectivity index (χ2v) is 5.55. The minimum Gasteiger partial charge on any atom is -0.391 e. The Labute approximate surface area is 102 Å². The molecule has 1 aliphatic heterocycles. The smallest absolute Gasteiger partial charge is 0.130 e. The number of nitrogens with zero attached hydrogens (tertiary/aromatic N) is 1. The van der Waals surface area contributed by atoms with E-state index in [0.29, 0.717) is 11.0 Å². The van der Waals surface area contributed by atoms with E-state index in [0.717, 1.165) is 31.6 Å². The Bertz CT molecular complexity index is 393. The molecular formula is C14H20FNO. The molecule has 2 rings (SSSR count). The first-order valence-electron chi connectivity index (χ1n) is 6.17. The number of benzene rings is 1. The minimum atomic E-state index is -0.310. The first-order chi connectivity index (χ1) is 8.03. The molecule has 0 spiro atoms. The summed E-state index contributed by atoms with van der Waals surface area (Å²) >= 11 is 0. The first-order valence-corrected chi connectivity index (χ1v) is 6.17. The van der Waals surface area contributed by atoms with Gasteiger partial charge in [0.15, 0.2) is 0 Å². The summed E-state index contributed by atoms with van der Waals surface area (Å²) in [6.07, 6.45) is 2.21. The third-order valence-corrected chi connectivity index (χ3v) is 3.71. The molecule has 3 heteroatoms. The Hall–Kier alpha value is -1.09. The highest BCUT2D eigenvalue weighted by molar-refractivity contribution is 5.54. The van der Waals surface area contributed by atoms with E-state index in [4.69, 9.17) is 0 Å². The zero-order valence-electron chi connectivity index (χ0n) is 10.5. The Morgan fingerprint density at radius 1 is 1.29 bits per heavy atom. The van der Waals surface area contributed by atoms with E-state index < -0.39 is 0 Å². The first kappa shape index (κ1) is 12.4. The Morgan fingerprint density at radius 3 is 2.53 bits per heavy atom. The molecule has 1 aromatic rings. The average Bonchev–Trinajstić information content (AvgIpc) is 2.29. The number of anilines is 1. The van der Waals surface area contributed by atoms with E-state index >= 15 is 0 Å². The van der Waals surface area contributed by atoms with Crippen LogP contribution in [0, 0.1) is 11.2 Å². The van der Waals surface area contributed by atoms with Crippen molar-refractivity contribution in [1.82, 2.24) is 0 Å². The zero-order chi connectivity index (χ0) is 12.5. The van der Waals surface area contributed by atoms with Crippen LogP contribution in [0.1, 0.15) is 32.3 Å². The van der Waals surface area contributed by atoms with Gasteiger partial charge in [-0.1, -0.05) is 19.9 Å². The van der Waals surface area contributed by atoms with Crippen molar-refractivity contribution in [2.45, 2.75) is 33.3 Å². The second-order valence-electron chi connectivity index (χ2n) is 5.55. The van der Waals surface area contributed by atoms with Crippen LogP contribution in [0.25, 0.3) is 0 Å². The third-order valence-electron chi connectivity index (χ3n) is 3.71. The molecule has 1 N–H and O–H groups in total. The Morgan fingerprint density at radius 2 is 1.94 bits per heavy atom. The molecule has 17 heavy (non-hydrogen) atoms. The summed E-state index contributed by atoms with van der Waals surface area (Å²) in [6, 6.07) is 5.01. The molecule has 0 unspecified atom stereocenters. The maximum absolute atomic E-state index is 13.6. The van der Waals surface area contributed by atoms with E-state index in [2.05, 4.69) is 18.7 Å². The predicted octanol–water partition coefficient (Wildman–Crippen LogP) is 2.94. The summed E-state index contributed by atoms with van der Waals surface area (Å²) in [7, 11) is 0. The summed E-state index contributed by atoms with van der Waals surface area (Å²) < 4.78 is 13.6. The van der Waals surface area contributed by atoms with Gasteiger partial charge in [-0.2, -0.15) is 0 Å². The van der Waals surface area contributed by atoms with E-state index in [1.54, 1.807) is 6.07 Å². The molecule has 0 amide bonds. The fourth-order valence-corrected chi connectivity index (χ4v) is 2.35. The SMILES string of the molecule is CC1(C)CCN(c2cccc(F)c2CO)CC1. The summed E-state index contributed by atoms with van der Waals surface area (Å²) in [5, 5.41) is 9.27. The molecule has 1 aliphatic rings. The number of aliphatic hydroxyl groups is 1. The lowest BCUT2D eigenvalue weighted by atomic mass is 9.82. The van der Waals surface area contributed by atoms with Gasteiger partial charge >= 0.3 is 0 Å². The van der Waals surface area contributed by atoms with Gasteiger partial charge in [0.2, 0.25) is 0 Å². The fraction of sp³-hybridized carbons (Fsp3) is 0.571. The van der Waals surface area contributed by atoms with Gasteiger partial charge in [0.25, 0.3) is 0 Å². The molecule has 2 nitrogen and oxygen atoms in total. The lowest BCUT2D eigenvalue weighted by Crippen LogP contribution is -2.37. The Balaban J connectivity index is 2.21. The lowest BCUT2D eigenvalue weighted by Gasteiger charge is -2.39. The van der Waals surface area contributed by atoms with Crippen LogP contribution in [0.15, 0.2) is 18.2 Å². The second kappa shape index (κ2) is 4.65. The molecule has 0 aromatic heterocycles. The molecule has 0 saturated carbocycles. The van der Waals surface area contributed by atoms with Gasteiger partial charge in [-0.3, -0.25) is 0 Å².